The Hall–Kier alpha value is -0.200. The van der Waals surface area contributed by atoms with Crippen molar-refractivity contribution in [1.29, 1.82) is 0 Å². The molecule has 0 aromatic heterocycles. The van der Waals surface area contributed by atoms with Crippen molar-refractivity contribution in [2.75, 3.05) is 0 Å². The lowest BCUT2D eigenvalue weighted by Crippen LogP contribution is -2.60. The zero-order chi connectivity index (χ0) is 24.6. The summed E-state index contributed by atoms with van der Waals surface area (Å²) in [6, 6.07) is 0. The second-order valence-electron chi connectivity index (χ2n) is 14.9. The maximum atomic E-state index is 12.3. The van der Waals surface area contributed by atoms with Crippen LogP contribution in [0.4, 0.5) is 0 Å². The van der Waals surface area contributed by atoms with Gasteiger partial charge in [0.05, 0.1) is 17.8 Å². The fraction of sp³-hybridized carbons (Fsp3) is 1.00. The van der Waals surface area contributed by atoms with E-state index in [0.29, 0.717) is 29.6 Å². The lowest BCUT2D eigenvalue weighted by Gasteiger charge is -2.63. The van der Waals surface area contributed by atoms with E-state index in [0.717, 1.165) is 38.5 Å². The minimum absolute atomic E-state index is 0.0319. The zero-order valence-electron chi connectivity index (χ0n) is 22.4. The molecule has 3 N–H and O–H groups in total. The third kappa shape index (κ3) is 2.64. The molecule has 34 heavy (non-hydrogen) atoms. The quantitative estimate of drug-likeness (QED) is 0.519. The summed E-state index contributed by atoms with van der Waals surface area (Å²) in [4.78, 5) is 0. The van der Waals surface area contributed by atoms with E-state index >= 15 is 0 Å². The van der Waals surface area contributed by atoms with Crippen molar-refractivity contribution in [1.82, 2.24) is 0 Å². The van der Waals surface area contributed by atoms with E-state index in [1.54, 1.807) is 0 Å². The van der Waals surface area contributed by atoms with E-state index in [1.807, 2.05) is 13.8 Å². The van der Waals surface area contributed by atoms with Gasteiger partial charge in [0.25, 0.3) is 0 Å². The van der Waals surface area contributed by atoms with E-state index in [4.69, 9.17) is 9.47 Å². The molecule has 1 spiro atoms. The Morgan fingerprint density at radius 2 is 1.50 bits per heavy atom. The standard InChI is InChI=1S/C29H48O5/c1-15-14-20-23(26(4,5)32)34-29(33-20)22(15)27(6)13-12-17-16-8-11-21(30)25(2,3)18(16)9-10-19(17)28(27,7)24(29)31/h15-24,30-32H,8-14H2,1-7H3/t15-,16?,17?,18-,19-,20?,21+,22?,23+,24-,27-,28-,29+/m1/s1. The number of rotatable bonds is 1. The molecule has 2 heterocycles. The Morgan fingerprint density at radius 1 is 0.853 bits per heavy atom. The number of hydrogen-bond acceptors (Lipinski definition) is 5. The number of ether oxygens (including phenoxy) is 2. The summed E-state index contributed by atoms with van der Waals surface area (Å²) in [5.74, 6) is 1.72. The Labute approximate surface area is 206 Å². The van der Waals surface area contributed by atoms with E-state index in [1.165, 1.54) is 6.42 Å². The van der Waals surface area contributed by atoms with Crippen molar-refractivity contribution in [3.63, 3.8) is 0 Å². The van der Waals surface area contributed by atoms with E-state index in [9.17, 15) is 15.3 Å². The first-order chi connectivity index (χ1) is 15.7. The molecule has 4 aliphatic carbocycles. The highest BCUT2D eigenvalue weighted by atomic mass is 16.8. The van der Waals surface area contributed by atoms with Crippen LogP contribution in [0.2, 0.25) is 0 Å². The van der Waals surface area contributed by atoms with Crippen LogP contribution < -0.4 is 0 Å². The molecule has 6 rings (SSSR count). The molecule has 2 saturated heterocycles. The molecule has 5 nitrogen and oxygen atoms in total. The van der Waals surface area contributed by atoms with E-state index in [2.05, 4.69) is 34.6 Å². The average Bonchev–Trinajstić information content (AvgIpc) is 3.14. The second kappa shape index (κ2) is 7.01. The molecule has 6 aliphatic rings. The number of hydrogen-bond donors (Lipinski definition) is 3. The van der Waals surface area contributed by atoms with Crippen LogP contribution in [-0.2, 0) is 9.47 Å². The lowest BCUT2D eigenvalue weighted by atomic mass is 9.41. The second-order valence-corrected chi connectivity index (χ2v) is 14.9. The van der Waals surface area contributed by atoms with Gasteiger partial charge < -0.3 is 24.8 Å². The maximum absolute atomic E-state index is 12.3. The van der Waals surface area contributed by atoms with Crippen LogP contribution in [0.5, 0.6) is 0 Å². The molecule has 194 valence electrons. The number of aliphatic hydroxyl groups excluding tert-OH is 2. The van der Waals surface area contributed by atoms with Gasteiger partial charge >= 0.3 is 0 Å². The third-order valence-electron chi connectivity index (χ3n) is 12.9. The first-order valence-corrected chi connectivity index (χ1v) is 14.1. The van der Waals surface area contributed by atoms with Crippen molar-refractivity contribution < 1.29 is 24.8 Å². The van der Waals surface area contributed by atoms with Crippen LogP contribution in [0.1, 0.15) is 93.4 Å². The van der Waals surface area contributed by atoms with Crippen molar-refractivity contribution in [2.45, 2.75) is 129 Å². The molecular weight excluding hydrogens is 428 g/mol. The maximum Gasteiger partial charge on any atom is 0.199 e. The predicted octanol–water partition coefficient (Wildman–Crippen LogP) is 4.51. The van der Waals surface area contributed by atoms with E-state index in [-0.39, 0.29) is 34.4 Å². The summed E-state index contributed by atoms with van der Waals surface area (Å²) < 4.78 is 13.5. The molecule has 4 unspecified atom stereocenters. The van der Waals surface area contributed by atoms with Crippen LogP contribution in [0.25, 0.3) is 0 Å². The van der Waals surface area contributed by atoms with Crippen LogP contribution >= 0.6 is 0 Å². The van der Waals surface area contributed by atoms with Gasteiger partial charge in [-0.1, -0.05) is 34.6 Å². The molecule has 5 heteroatoms. The molecule has 4 saturated carbocycles. The highest BCUT2D eigenvalue weighted by Gasteiger charge is 2.81. The monoisotopic (exact) mass is 476 g/mol. The first-order valence-electron chi connectivity index (χ1n) is 14.1. The predicted molar refractivity (Wildman–Crippen MR) is 130 cm³/mol. The van der Waals surface area contributed by atoms with Crippen molar-refractivity contribution in [3.05, 3.63) is 0 Å². The van der Waals surface area contributed by atoms with Crippen LogP contribution in [0.3, 0.4) is 0 Å². The highest BCUT2D eigenvalue weighted by Crippen LogP contribution is 2.77. The Kier molecular flexibility index (Phi) is 4.98. The number of fused-ring (bicyclic) bond motifs is 7. The third-order valence-corrected chi connectivity index (χ3v) is 12.9. The minimum Gasteiger partial charge on any atom is -0.393 e. The summed E-state index contributed by atoms with van der Waals surface area (Å²) in [5.41, 5.74) is -1.39. The molecule has 6 fully saturated rings. The molecule has 2 bridgehead atoms. The van der Waals surface area contributed by atoms with Gasteiger partial charge in [-0.2, -0.15) is 0 Å². The summed E-state index contributed by atoms with van der Waals surface area (Å²) in [6.45, 7) is 15.3. The summed E-state index contributed by atoms with van der Waals surface area (Å²) in [5, 5.41) is 34.0. The summed E-state index contributed by atoms with van der Waals surface area (Å²) in [7, 11) is 0. The van der Waals surface area contributed by atoms with Crippen LogP contribution in [0, 0.1) is 51.8 Å². The highest BCUT2D eigenvalue weighted by molar-refractivity contribution is 5.25. The van der Waals surface area contributed by atoms with Gasteiger partial charge in [0, 0.05) is 11.3 Å². The Morgan fingerprint density at radius 3 is 2.18 bits per heavy atom. The fourth-order valence-electron chi connectivity index (χ4n) is 11.2. The zero-order valence-corrected chi connectivity index (χ0v) is 22.4. The van der Waals surface area contributed by atoms with Gasteiger partial charge in [0.15, 0.2) is 5.79 Å². The van der Waals surface area contributed by atoms with Crippen molar-refractivity contribution in [3.8, 4) is 0 Å². The molecule has 0 radical (unpaired) electrons. The average molecular weight is 477 g/mol. The molecular formula is C29H48O5. The fourth-order valence-corrected chi connectivity index (χ4v) is 11.2. The van der Waals surface area contributed by atoms with Crippen molar-refractivity contribution in [2.24, 2.45) is 51.8 Å². The Bertz CT molecular complexity index is 850. The van der Waals surface area contributed by atoms with Crippen molar-refractivity contribution >= 4 is 0 Å². The van der Waals surface area contributed by atoms with Gasteiger partial charge in [0.2, 0.25) is 0 Å². The van der Waals surface area contributed by atoms with Gasteiger partial charge in [-0.3, -0.25) is 0 Å². The smallest absolute Gasteiger partial charge is 0.199 e. The largest absolute Gasteiger partial charge is 0.393 e. The summed E-state index contributed by atoms with van der Waals surface area (Å²) >= 11 is 0. The molecule has 13 atom stereocenters. The van der Waals surface area contributed by atoms with Gasteiger partial charge in [0.1, 0.15) is 12.2 Å². The SMILES string of the molecule is C[C@@H]1CC2O[C@]3(O[C@@H]2C(C)(C)O)C1[C@@]1(C)CCC2C4CC[C@H](O)C(C)(C)[C@@H]4CC[C@H]2[C@]1(C)[C@H]3O. The van der Waals surface area contributed by atoms with Gasteiger partial charge in [-0.25, -0.2) is 0 Å². The Balaban J connectivity index is 1.40. The first kappa shape index (κ1) is 24.2. The molecule has 0 aromatic rings. The minimum atomic E-state index is -1.01. The van der Waals surface area contributed by atoms with Crippen LogP contribution in [0.15, 0.2) is 0 Å². The normalized spacial score (nSPS) is 60.2. The van der Waals surface area contributed by atoms with Gasteiger partial charge in [-0.05, 0) is 99.2 Å². The number of aliphatic hydroxyl groups is 3. The lowest BCUT2D eigenvalue weighted by molar-refractivity contribution is -0.282. The molecule has 0 amide bonds. The topological polar surface area (TPSA) is 79.2 Å². The molecule has 0 aromatic carbocycles. The van der Waals surface area contributed by atoms with Gasteiger partial charge in [-0.15, -0.1) is 0 Å². The van der Waals surface area contributed by atoms with Crippen LogP contribution in [-0.4, -0.2) is 51.1 Å². The van der Waals surface area contributed by atoms with E-state index < -0.39 is 23.6 Å². The summed E-state index contributed by atoms with van der Waals surface area (Å²) in [6.07, 6.45) is 5.96. The molecule has 2 aliphatic heterocycles.